The first-order valence-electron chi connectivity index (χ1n) is 9.11. The van der Waals surface area contributed by atoms with Crippen LogP contribution in [-0.2, 0) is 0 Å². The second-order valence-corrected chi connectivity index (χ2v) is 7.47. The molecule has 7 nitrogen and oxygen atoms in total. The number of methoxy groups -OCH3 is 1. The predicted octanol–water partition coefficient (Wildman–Crippen LogP) is 4.30. The van der Waals surface area contributed by atoms with Crippen molar-refractivity contribution in [2.75, 3.05) is 43.5 Å². The fourth-order valence-corrected chi connectivity index (χ4v) is 3.61. The van der Waals surface area contributed by atoms with Gasteiger partial charge in [0.25, 0.3) is 5.88 Å². The molecule has 0 radical (unpaired) electrons. The number of ether oxygens (including phenoxy) is 1. The van der Waals surface area contributed by atoms with Gasteiger partial charge in [-0.25, -0.2) is 14.8 Å². The molecule has 0 bridgehead atoms. The number of carbonyl (C=O) groups is 1. The highest BCUT2D eigenvalue weighted by Crippen LogP contribution is 2.26. The highest BCUT2D eigenvalue weighted by atomic mass is 35.5. The van der Waals surface area contributed by atoms with Crippen molar-refractivity contribution in [2.24, 2.45) is 0 Å². The minimum atomic E-state index is -0.246. The molecule has 150 valence electrons. The Balaban J connectivity index is 1.46. The van der Waals surface area contributed by atoms with Gasteiger partial charge >= 0.3 is 6.03 Å². The van der Waals surface area contributed by atoms with Gasteiger partial charge in [0, 0.05) is 41.9 Å². The summed E-state index contributed by atoms with van der Waals surface area (Å²) < 4.78 is 5.30. The predicted molar refractivity (Wildman–Crippen MR) is 115 cm³/mol. The van der Waals surface area contributed by atoms with Gasteiger partial charge in [0.05, 0.1) is 18.1 Å². The molecule has 1 aliphatic rings. The van der Waals surface area contributed by atoms with E-state index in [1.54, 1.807) is 23.1 Å². The number of aromatic nitrogens is 2. The maximum Gasteiger partial charge on any atom is 0.323 e. The van der Waals surface area contributed by atoms with Gasteiger partial charge < -0.3 is 14.5 Å². The Morgan fingerprint density at radius 2 is 1.76 bits per heavy atom. The van der Waals surface area contributed by atoms with Gasteiger partial charge in [-0.3, -0.25) is 5.32 Å². The molecule has 2 heterocycles. The summed E-state index contributed by atoms with van der Waals surface area (Å²) in [5, 5.41) is 4.06. The Bertz CT molecular complexity index is 1050. The van der Waals surface area contributed by atoms with Gasteiger partial charge in [0.1, 0.15) is 0 Å². The topological polar surface area (TPSA) is 70.6 Å². The highest BCUT2D eigenvalue weighted by Gasteiger charge is 2.23. The molecule has 4 rings (SSSR count). The maximum absolute atomic E-state index is 12.8. The molecule has 2 amide bonds. The molecule has 0 spiro atoms. The van der Waals surface area contributed by atoms with Crippen LogP contribution in [0.2, 0.25) is 10.0 Å². The number of fused-ring (bicyclic) bond motifs is 1. The molecular formula is C20H19Cl2N5O2. The van der Waals surface area contributed by atoms with E-state index in [-0.39, 0.29) is 17.7 Å². The number of piperazine rings is 1. The van der Waals surface area contributed by atoms with Crippen molar-refractivity contribution in [1.82, 2.24) is 14.9 Å². The molecule has 0 saturated carbocycles. The van der Waals surface area contributed by atoms with Crippen molar-refractivity contribution in [3.8, 4) is 5.88 Å². The largest absolute Gasteiger partial charge is 0.478 e. The molecule has 3 aromatic rings. The van der Waals surface area contributed by atoms with Crippen LogP contribution in [0.3, 0.4) is 0 Å². The smallest absolute Gasteiger partial charge is 0.323 e. The van der Waals surface area contributed by atoms with Gasteiger partial charge in [-0.2, -0.15) is 0 Å². The third kappa shape index (κ3) is 4.31. The van der Waals surface area contributed by atoms with Crippen molar-refractivity contribution in [3.05, 3.63) is 52.5 Å². The van der Waals surface area contributed by atoms with Crippen LogP contribution in [0, 0.1) is 0 Å². The number of halogens is 2. The highest BCUT2D eigenvalue weighted by molar-refractivity contribution is 6.31. The van der Waals surface area contributed by atoms with E-state index in [9.17, 15) is 4.79 Å². The Morgan fingerprint density at radius 1 is 1.00 bits per heavy atom. The number of hydrogen-bond donors (Lipinski definition) is 1. The molecule has 29 heavy (non-hydrogen) atoms. The van der Waals surface area contributed by atoms with Crippen LogP contribution in [0.4, 0.5) is 16.3 Å². The SMILES string of the molecule is COc1nc2ccc(Cl)cc2nc1NC(=O)N1CCN(c2cccc(Cl)c2)CC1. The minimum absolute atomic E-state index is 0.246. The number of nitrogens with one attached hydrogen (secondary N) is 1. The zero-order valence-electron chi connectivity index (χ0n) is 15.7. The molecule has 1 fully saturated rings. The summed E-state index contributed by atoms with van der Waals surface area (Å²) in [5.74, 6) is 0.523. The Hall–Kier alpha value is -2.77. The normalized spacial score (nSPS) is 14.2. The van der Waals surface area contributed by atoms with Crippen LogP contribution in [0.5, 0.6) is 5.88 Å². The average Bonchev–Trinajstić information content (AvgIpc) is 2.73. The second kappa shape index (κ2) is 8.31. The molecule has 0 unspecified atom stereocenters. The first-order chi connectivity index (χ1) is 14.0. The van der Waals surface area contributed by atoms with Crippen LogP contribution in [-0.4, -0.2) is 54.2 Å². The van der Waals surface area contributed by atoms with Crippen molar-refractivity contribution in [3.63, 3.8) is 0 Å². The van der Waals surface area contributed by atoms with E-state index in [4.69, 9.17) is 27.9 Å². The third-order valence-corrected chi connectivity index (χ3v) is 5.22. The number of hydrogen-bond acceptors (Lipinski definition) is 5. The molecule has 0 aliphatic carbocycles. The van der Waals surface area contributed by atoms with Gasteiger partial charge in [-0.15, -0.1) is 0 Å². The van der Waals surface area contributed by atoms with Gasteiger partial charge in [0.2, 0.25) is 0 Å². The second-order valence-electron chi connectivity index (χ2n) is 6.60. The van der Waals surface area contributed by atoms with E-state index in [0.717, 1.165) is 5.69 Å². The van der Waals surface area contributed by atoms with E-state index in [0.29, 0.717) is 47.3 Å². The van der Waals surface area contributed by atoms with Crippen LogP contribution in [0.1, 0.15) is 0 Å². The van der Waals surface area contributed by atoms with Crippen LogP contribution < -0.4 is 15.0 Å². The summed E-state index contributed by atoms with van der Waals surface area (Å²) in [6, 6.07) is 12.7. The molecule has 2 aromatic carbocycles. The van der Waals surface area contributed by atoms with E-state index >= 15 is 0 Å². The van der Waals surface area contributed by atoms with Crippen LogP contribution >= 0.6 is 23.2 Å². The Labute approximate surface area is 178 Å². The maximum atomic E-state index is 12.8. The van der Waals surface area contributed by atoms with E-state index in [1.165, 1.54) is 7.11 Å². The van der Waals surface area contributed by atoms with Gasteiger partial charge in [0.15, 0.2) is 5.82 Å². The fourth-order valence-electron chi connectivity index (χ4n) is 3.26. The number of urea groups is 1. The first-order valence-corrected chi connectivity index (χ1v) is 9.87. The lowest BCUT2D eigenvalue weighted by Gasteiger charge is -2.36. The zero-order chi connectivity index (χ0) is 20.4. The zero-order valence-corrected chi connectivity index (χ0v) is 17.2. The molecule has 1 saturated heterocycles. The molecular weight excluding hydrogens is 413 g/mol. The summed E-state index contributed by atoms with van der Waals surface area (Å²) in [4.78, 5) is 25.6. The summed E-state index contributed by atoms with van der Waals surface area (Å²) >= 11 is 12.1. The number of nitrogens with zero attached hydrogens (tertiary/aromatic N) is 4. The number of rotatable bonds is 3. The number of amides is 2. The average molecular weight is 432 g/mol. The first kappa shape index (κ1) is 19.5. The van der Waals surface area contributed by atoms with Crippen LogP contribution in [0.25, 0.3) is 11.0 Å². The van der Waals surface area contributed by atoms with Gasteiger partial charge in [-0.05, 0) is 36.4 Å². The van der Waals surface area contributed by atoms with Crippen molar-refractivity contribution in [2.45, 2.75) is 0 Å². The standard InChI is InChI=1S/C20H19Cl2N5O2/c1-29-19-18(23-17-12-14(22)5-6-16(17)24-19)25-20(28)27-9-7-26(8-10-27)15-4-2-3-13(21)11-15/h2-6,11-12H,7-10H2,1H3,(H,23,25,28). The van der Waals surface area contributed by atoms with E-state index < -0.39 is 0 Å². The summed E-state index contributed by atoms with van der Waals surface area (Å²) in [6.07, 6.45) is 0. The lowest BCUT2D eigenvalue weighted by Crippen LogP contribution is -2.50. The van der Waals surface area contributed by atoms with E-state index in [2.05, 4.69) is 20.2 Å². The third-order valence-electron chi connectivity index (χ3n) is 4.75. The van der Waals surface area contributed by atoms with Crippen molar-refractivity contribution in [1.29, 1.82) is 0 Å². The summed E-state index contributed by atoms with van der Waals surface area (Å²) in [7, 11) is 1.49. The van der Waals surface area contributed by atoms with Crippen LogP contribution in [0.15, 0.2) is 42.5 Å². The quantitative estimate of drug-likeness (QED) is 0.669. The Kier molecular flexibility index (Phi) is 5.60. The van der Waals surface area contributed by atoms with Gasteiger partial charge in [-0.1, -0.05) is 29.3 Å². The number of carbonyl (C=O) groups excluding carboxylic acids is 1. The molecule has 1 aromatic heterocycles. The Morgan fingerprint density at radius 3 is 2.48 bits per heavy atom. The minimum Gasteiger partial charge on any atom is -0.478 e. The number of anilines is 2. The molecule has 9 heteroatoms. The summed E-state index contributed by atoms with van der Waals surface area (Å²) in [6.45, 7) is 2.58. The van der Waals surface area contributed by atoms with Crippen molar-refractivity contribution < 1.29 is 9.53 Å². The molecule has 0 atom stereocenters. The van der Waals surface area contributed by atoms with E-state index in [1.807, 2.05) is 24.3 Å². The number of benzene rings is 2. The fraction of sp³-hybridized carbons (Fsp3) is 0.250. The lowest BCUT2D eigenvalue weighted by atomic mass is 10.2. The van der Waals surface area contributed by atoms with Crippen molar-refractivity contribution >= 4 is 51.8 Å². The molecule has 1 aliphatic heterocycles. The lowest BCUT2D eigenvalue weighted by molar-refractivity contribution is 0.208. The monoisotopic (exact) mass is 431 g/mol. The summed E-state index contributed by atoms with van der Waals surface area (Å²) in [5.41, 5.74) is 2.27. The molecule has 1 N–H and O–H groups in total.